The van der Waals surface area contributed by atoms with Crippen molar-refractivity contribution in [1.82, 2.24) is 9.29 Å². The van der Waals surface area contributed by atoms with Crippen molar-refractivity contribution in [2.45, 2.75) is 31.3 Å². The molecule has 1 unspecified atom stereocenters. The molecule has 0 N–H and O–H groups in total. The van der Waals surface area contributed by atoms with Crippen molar-refractivity contribution in [3.05, 3.63) is 23.5 Å². The molecular weight excluding hydrogens is 302 g/mol. The molecule has 1 aromatic rings. The van der Waals surface area contributed by atoms with Gasteiger partial charge < -0.3 is 4.74 Å². The fourth-order valence-electron chi connectivity index (χ4n) is 1.25. The summed E-state index contributed by atoms with van der Waals surface area (Å²) in [5, 5.41) is 0.270. The van der Waals surface area contributed by atoms with Gasteiger partial charge in [-0.05, 0) is 32.9 Å². The van der Waals surface area contributed by atoms with Crippen molar-refractivity contribution in [2.75, 3.05) is 14.1 Å². The summed E-state index contributed by atoms with van der Waals surface area (Å²) in [6.07, 6.45) is 0.449. The van der Waals surface area contributed by atoms with E-state index >= 15 is 0 Å². The summed E-state index contributed by atoms with van der Waals surface area (Å²) in [4.78, 5) is 15.9. The van der Waals surface area contributed by atoms with Crippen molar-refractivity contribution in [1.29, 1.82) is 0 Å². The quantitative estimate of drug-likeness (QED) is 0.786. The van der Waals surface area contributed by atoms with Gasteiger partial charge in [0.05, 0.1) is 4.90 Å². The lowest BCUT2D eigenvalue weighted by atomic mass is 10.2. The van der Waals surface area contributed by atoms with Gasteiger partial charge in [0.1, 0.15) is 10.8 Å². The lowest BCUT2D eigenvalue weighted by Crippen LogP contribution is -2.27. The van der Waals surface area contributed by atoms with E-state index < -0.39 is 21.6 Å². The fraction of sp³-hybridized carbons (Fsp3) is 0.500. The van der Waals surface area contributed by atoms with Crippen molar-refractivity contribution >= 4 is 27.6 Å². The first-order chi connectivity index (χ1) is 9.04. The number of rotatable bonds is 2. The molecule has 112 valence electrons. The maximum atomic E-state index is 12.9. The summed E-state index contributed by atoms with van der Waals surface area (Å²) in [5.41, 5.74) is -0.703. The summed E-state index contributed by atoms with van der Waals surface area (Å²) in [7, 11) is 0.0106. The van der Waals surface area contributed by atoms with Crippen LogP contribution in [0.3, 0.4) is 0 Å². The third-order valence-electron chi connectivity index (χ3n) is 2.09. The second kappa shape index (κ2) is 6.07. The van der Waals surface area contributed by atoms with Crippen molar-refractivity contribution in [3.63, 3.8) is 0 Å². The Morgan fingerprint density at radius 3 is 2.40 bits per heavy atom. The zero-order chi connectivity index (χ0) is 15.6. The minimum absolute atomic E-state index is 0.270. The van der Waals surface area contributed by atoms with E-state index in [1.165, 1.54) is 22.6 Å². The van der Waals surface area contributed by atoms with Crippen LogP contribution in [0.4, 0.5) is 4.79 Å². The minimum Gasteiger partial charge on any atom is -0.442 e. The van der Waals surface area contributed by atoms with Crippen molar-refractivity contribution in [3.8, 4) is 0 Å². The van der Waals surface area contributed by atoms with Gasteiger partial charge >= 0.3 is 6.09 Å². The van der Waals surface area contributed by atoms with E-state index in [0.717, 1.165) is 0 Å². The Morgan fingerprint density at radius 1 is 1.40 bits per heavy atom. The van der Waals surface area contributed by atoms with Crippen molar-refractivity contribution < 1.29 is 13.7 Å². The Morgan fingerprint density at radius 2 is 2.00 bits per heavy atom. The molecule has 0 bridgehead atoms. The molecule has 1 heterocycles. The Bertz CT molecular complexity index is 599. The maximum Gasteiger partial charge on any atom is 0.443 e. The van der Waals surface area contributed by atoms with Crippen LogP contribution in [0.5, 0.6) is 0 Å². The summed E-state index contributed by atoms with van der Waals surface area (Å²) in [6, 6.07) is 3.01. The van der Waals surface area contributed by atoms with Crippen molar-refractivity contribution in [2.24, 2.45) is 4.36 Å². The second-order valence-corrected chi connectivity index (χ2v) is 7.96. The summed E-state index contributed by atoms with van der Waals surface area (Å²) >= 11 is 5.69. The van der Waals surface area contributed by atoms with Crippen LogP contribution in [-0.2, 0) is 14.7 Å². The van der Waals surface area contributed by atoms with E-state index in [-0.39, 0.29) is 10.0 Å². The molecule has 8 heteroatoms. The molecule has 0 aliphatic carbocycles. The van der Waals surface area contributed by atoms with Gasteiger partial charge in [-0.2, -0.15) is 0 Å². The number of aromatic nitrogens is 1. The molecular formula is C12H18ClN3O3S. The Balaban J connectivity index is 3.26. The molecule has 1 amide bonds. The van der Waals surface area contributed by atoms with Crippen LogP contribution < -0.4 is 0 Å². The molecule has 0 saturated heterocycles. The molecule has 0 radical (unpaired) electrons. The Labute approximate surface area is 124 Å². The highest BCUT2D eigenvalue weighted by Crippen LogP contribution is 2.18. The number of amides is 1. The summed E-state index contributed by atoms with van der Waals surface area (Å²) < 4.78 is 23.0. The molecule has 1 rings (SSSR count). The van der Waals surface area contributed by atoms with Crippen LogP contribution in [-0.4, -0.2) is 39.3 Å². The Kier molecular flexibility index (Phi) is 5.12. The average molecular weight is 320 g/mol. The molecule has 0 aliphatic heterocycles. The van der Waals surface area contributed by atoms with Gasteiger partial charge in [-0.25, -0.2) is 18.3 Å². The second-order valence-electron chi connectivity index (χ2n) is 5.20. The van der Waals surface area contributed by atoms with E-state index in [2.05, 4.69) is 9.35 Å². The van der Waals surface area contributed by atoms with E-state index in [4.69, 9.17) is 16.3 Å². The lowest BCUT2D eigenvalue weighted by Gasteiger charge is -2.20. The fourth-order valence-corrected chi connectivity index (χ4v) is 2.72. The molecule has 0 saturated carbocycles. The van der Waals surface area contributed by atoms with Gasteiger partial charge in [0.15, 0.2) is 9.92 Å². The number of nitrogens with zero attached hydrogens (tertiary/aromatic N) is 3. The minimum atomic E-state index is -3.11. The van der Waals surface area contributed by atoms with Gasteiger partial charge in [-0.1, -0.05) is 11.6 Å². The van der Waals surface area contributed by atoms with Crippen LogP contribution >= 0.6 is 11.6 Å². The average Bonchev–Trinajstić information content (AvgIpc) is 2.26. The first-order valence-electron chi connectivity index (χ1n) is 5.84. The molecule has 20 heavy (non-hydrogen) atoms. The van der Waals surface area contributed by atoms with Gasteiger partial charge in [-0.15, -0.1) is 4.36 Å². The predicted octanol–water partition coefficient (Wildman–Crippen LogP) is 2.97. The predicted molar refractivity (Wildman–Crippen MR) is 78.0 cm³/mol. The van der Waals surface area contributed by atoms with Crippen LogP contribution in [0.1, 0.15) is 20.8 Å². The highest BCUT2D eigenvalue weighted by Gasteiger charge is 2.22. The smallest absolute Gasteiger partial charge is 0.442 e. The number of carbonyl (C=O) groups excluding carboxylic acids is 1. The molecule has 1 atom stereocenters. The standard InChI is InChI=1S/C12H18ClN3O3S/c1-12(2,3)19-11(17)15-20(18,16(4)5)9-6-7-10(13)14-8-9/h6-8H,1-5H3. The molecule has 0 aromatic carbocycles. The number of pyridine rings is 1. The largest absolute Gasteiger partial charge is 0.443 e. The van der Waals surface area contributed by atoms with E-state index in [9.17, 15) is 9.00 Å². The maximum absolute atomic E-state index is 12.9. The first kappa shape index (κ1) is 16.9. The topological polar surface area (TPSA) is 71.9 Å². The molecule has 0 aliphatic rings. The molecule has 6 nitrogen and oxygen atoms in total. The Hall–Kier alpha value is -1.18. The monoisotopic (exact) mass is 319 g/mol. The number of hydrogen-bond acceptors (Lipinski definition) is 4. The molecule has 0 spiro atoms. The number of carbonyl (C=O) groups is 1. The summed E-state index contributed by atoms with van der Waals surface area (Å²) in [5.74, 6) is 0. The van der Waals surface area contributed by atoms with Crippen LogP contribution in [0.2, 0.25) is 5.15 Å². The highest BCUT2D eigenvalue weighted by molar-refractivity contribution is 7.91. The summed E-state index contributed by atoms with van der Waals surface area (Å²) in [6.45, 7) is 5.13. The number of halogens is 1. The zero-order valence-electron chi connectivity index (χ0n) is 12.1. The van der Waals surface area contributed by atoms with Gasteiger partial charge in [0, 0.05) is 20.3 Å². The van der Waals surface area contributed by atoms with Crippen LogP contribution in [0, 0.1) is 0 Å². The number of ether oxygens (including phenoxy) is 1. The van der Waals surface area contributed by atoms with Gasteiger partial charge in [0.2, 0.25) is 0 Å². The van der Waals surface area contributed by atoms with Crippen LogP contribution in [0.15, 0.2) is 27.6 Å². The number of hydrogen-bond donors (Lipinski definition) is 0. The third kappa shape index (κ3) is 4.43. The van der Waals surface area contributed by atoms with Gasteiger partial charge in [0.25, 0.3) is 0 Å². The van der Waals surface area contributed by atoms with Gasteiger partial charge in [-0.3, -0.25) is 0 Å². The lowest BCUT2D eigenvalue weighted by molar-refractivity contribution is 0.0606. The van der Waals surface area contributed by atoms with Crippen LogP contribution in [0.25, 0.3) is 0 Å². The SMILES string of the molecule is CN(C)S(=O)(=NC(=O)OC(C)(C)C)c1ccc(Cl)nc1. The zero-order valence-corrected chi connectivity index (χ0v) is 13.7. The normalized spacial score (nSPS) is 14.8. The highest BCUT2D eigenvalue weighted by atomic mass is 35.5. The third-order valence-corrected chi connectivity index (χ3v) is 4.56. The first-order valence-corrected chi connectivity index (χ1v) is 7.69. The molecule has 1 aromatic heterocycles. The van der Waals surface area contributed by atoms with E-state index in [0.29, 0.717) is 0 Å². The molecule has 0 fully saturated rings. The van der Waals surface area contributed by atoms with E-state index in [1.54, 1.807) is 34.9 Å². The van der Waals surface area contributed by atoms with E-state index in [1.807, 2.05) is 0 Å².